The average Bonchev–Trinajstić information content (AvgIpc) is 2.62. The van der Waals surface area contributed by atoms with Gasteiger partial charge in [-0.25, -0.2) is 0 Å². The van der Waals surface area contributed by atoms with Crippen LogP contribution in [0.3, 0.4) is 0 Å². The Balaban J connectivity index is 1.90. The highest BCUT2D eigenvalue weighted by molar-refractivity contribution is 7.99. The SMILES string of the molecule is COc1ccc([C@@H](CC(C)C)NC(=O)CCSc2ccccc2)cc1. The molecule has 1 N–H and O–H groups in total. The Bertz CT molecular complexity index is 641. The standard InChI is InChI=1S/C21H27NO2S/c1-16(2)15-20(17-9-11-18(24-3)12-10-17)22-21(23)13-14-25-19-7-5-4-6-8-19/h4-12,16,20H,13-15H2,1-3H3,(H,22,23)/t20-/m1/s1. The van der Waals surface area contributed by atoms with Crippen molar-refractivity contribution in [2.24, 2.45) is 5.92 Å². The third kappa shape index (κ3) is 6.83. The predicted octanol–water partition coefficient (Wildman–Crippen LogP) is 5.08. The normalized spacial score (nSPS) is 12.0. The first-order valence-electron chi connectivity index (χ1n) is 8.69. The number of benzene rings is 2. The van der Waals surface area contributed by atoms with Crippen LogP contribution in [0.2, 0.25) is 0 Å². The van der Waals surface area contributed by atoms with Crippen molar-refractivity contribution in [1.29, 1.82) is 0 Å². The number of hydrogen-bond donors (Lipinski definition) is 1. The van der Waals surface area contributed by atoms with Crippen molar-refractivity contribution in [2.75, 3.05) is 12.9 Å². The number of carbonyl (C=O) groups excluding carboxylic acids is 1. The molecule has 0 aromatic heterocycles. The highest BCUT2D eigenvalue weighted by Gasteiger charge is 2.16. The molecule has 1 amide bonds. The van der Waals surface area contributed by atoms with Gasteiger partial charge < -0.3 is 10.1 Å². The summed E-state index contributed by atoms with van der Waals surface area (Å²) in [5.74, 6) is 2.22. The maximum Gasteiger partial charge on any atom is 0.221 e. The molecule has 0 fully saturated rings. The van der Waals surface area contributed by atoms with Crippen LogP contribution < -0.4 is 10.1 Å². The van der Waals surface area contributed by atoms with E-state index in [0.29, 0.717) is 12.3 Å². The van der Waals surface area contributed by atoms with Crippen molar-refractivity contribution in [2.45, 2.75) is 37.6 Å². The number of hydrogen-bond acceptors (Lipinski definition) is 3. The molecule has 0 radical (unpaired) electrons. The van der Waals surface area contributed by atoms with E-state index in [1.54, 1.807) is 18.9 Å². The summed E-state index contributed by atoms with van der Waals surface area (Å²) in [6.07, 6.45) is 1.44. The van der Waals surface area contributed by atoms with Crippen LogP contribution in [0, 0.1) is 5.92 Å². The van der Waals surface area contributed by atoms with E-state index in [1.165, 1.54) is 4.90 Å². The first-order chi connectivity index (χ1) is 12.1. The van der Waals surface area contributed by atoms with Crippen LogP contribution in [0.4, 0.5) is 0 Å². The average molecular weight is 358 g/mol. The number of nitrogens with one attached hydrogen (secondary N) is 1. The molecule has 0 saturated heterocycles. The summed E-state index contributed by atoms with van der Waals surface area (Å²) in [6.45, 7) is 4.35. The monoisotopic (exact) mass is 357 g/mol. The summed E-state index contributed by atoms with van der Waals surface area (Å²) < 4.78 is 5.22. The molecule has 0 bridgehead atoms. The van der Waals surface area contributed by atoms with E-state index in [2.05, 4.69) is 31.3 Å². The maximum absolute atomic E-state index is 12.4. The van der Waals surface area contributed by atoms with Crippen molar-refractivity contribution in [3.8, 4) is 5.75 Å². The van der Waals surface area contributed by atoms with Crippen LogP contribution in [-0.4, -0.2) is 18.8 Å². The van der Waals surface area contributed by atoms with Gasteiger partial charge in [0.05, 0.1) is 13.2 Å². The number of carbonyl (C=O) groups is 1. The molecule has 4 heteroatoms. The van der Waals surface area contributed by atoms with Crippen molar-refractivity contribution >= 4 is 17.7 Å². The van der Waals surface area contributed by atoms with Crippen LogP contribution in [0.5, 0.6) is 5.75 Å². The fourth-order valence-electron chi connectivity index (χ4n) is 2.63. The Morgan fingerprint density at radius 2 is 1.76 bits per heavy atom. The van der Waals surface area contributed by atoms with E-state index in [0.717, 1.165) is 23.5 Å². The minimum absolute atomic E-state index is 0.0418. The zero-order valence-corrected chi connectivity index (χ0v) is 16.0. The molecule has 0 aliphatic rings. The van der Waals surface area contributed by atoms with Gasteiger partial charge in [-0.2, -0.15) is 0 Å². The third-order valence-electron chi connectivity index (χ3n) is 3.90. The third-order valence-corrected chi connectivity index (χ3v) is 4.92. The van der Waals surface area contributed by atoms with Gasteiger partial charge in [0, 0.05) is 17.1 Å². The van der Waals surface area contributed by atoms with Crippen LogP contribution in [-0.2, 0) is 4.79 Å². The first kappa shape index (κ1) is 19.4. The summed E-state index contributed by atoms with van der Waals surface area (Å²) in [5.41, 5.74) is 1.12. The van der Waals surface area contributed by atoms with Crippen LogP contribution in [0.25, 0.3) is 0 Å². The van der Waals surface area contributed by atoms with Gasteiger partial charge in [-0.05, 0) is 42.2 Å². The van der Waals surface area contributed by atoms with E-state index < -0.39 is 0 Å². The smallest absolute Gasteiger partial charge is 0.221 e. The van der Waals surface area contributed by atoms with Crippen LogP contribution in [0.15, 0.2) is 59.5 Å². The Kier molecular flexibility index (Phi) is 7.86. The fourth-order valence-corrected chi connectivity index (χ4v) is 3.50. The van der Waals surface area contributed by atoms with Crippen molar-refractivity contribution < 1.29 is 9.53 Å². The number of amides is 1. The maximum atomic E-state index is 12.4. The van der Waals surface area contributed by atoms with Gasteiger partial charge in [0.15, 0.2) is 0 Å². The van der Waals surface area contributed by atoms with E-state index in [4.69, 9.17) is 4.74 Å². The van der Waals surface area contributed by atoms with Gasteiger partial charge in [-0.3, -0.25) is 4.79 Å². The Hall–Kier alpha value is -1.94. The molecule has 25 heavy (non-hydrogen) atoms. The van der Waals surface area contributed by atoms with Crippen molar-refractivity contribution in [1.82, 2.24) is 5.32 Å². The van der Waals surface area contributed by atoms with Gasteiger partial charge in [0.2, 0.25) is 5.91 Å². The minimum Gasteiger partial charge on any atom is -0.497 e. The molecule has 2 rings (SSSR count). The summed E-state index contributed by atoms with van der Waals surface area (Å²) >= 11 is 1.71. The van der Waals surface area contributed by atoms with Crippen LogP contribution >= 0.6 is 11.8 Å². The van der Waals surface area contributed by atoms with E-state index in [9.17, 15) is 4.79 Å². The number of methoxy groups -OCH3 is 1. The zero-order valence-electron chi connectivity index (χ0n) is 15.2. The molecular formula is C21H27NO2S. The summed E-state index contributed by atoms with van der Waals surface area (Å²) in [6, 6.07) is 18.2. The lowest BCUT2D eigenvalue weighted by molar-refractivity contribution is -0.121. The second-order valence-electron chi connectivity index (χ2n) is 6.43. The van der Waals surface area contributed by atoms with E-state index >= 15 is 0 Å². The van der Waals surface area contributed by atoms with Gasteiger partial charge >= 0.3 is 0 Å². The van der Waals surface area contributed by atoms with E-state index in [1.807, 2.05) is 42.5 Å². The Morgan fingerprint density at radius 1 is 1.08 bits per heavy atom. The lowest BCUT2D eigenvalue weighted by Crippen LogP contribution is -2.29. The van der Waals surface area contributed by atoms with Crippen molar-refractivity contribution in [3.05, 3.63) is 60.2 Å². The molecule has 0 heterocycles. The molecular weight excluding hydrogens is 330 g/mol. The van der Waals surface area contributed by atoms with Gasteiger partial charge in [-0.1, -0.05) is 44.2 Å². The Labute approximate surface area is 155 Å². The summed E-state index contributed by atoms with van der Waals surface area (Å²) in [5, 5.41) is 3.20. The summed E-state index contributed by atoms with van der Waals surface area (Å²) in [7, 11) is 1.66. The Morgan fingerprint density at radius 3 is 2.36 bits per heavy atom. The minimum atomic E-state index is 0.0418. The molecule has 0 saturated carbocycles. The highest BCUT2D eigenvalue weighted by atomic mass is 32.2. The molecule has 134 valence electrons. The molecule has 0 unspecified atom stereocenters. The van der Waals surface area contributed by atoms with Gasteiger partial charge in [-0.15, -0.1) is 11.8 Å². The summed E-state index contributed by atoms with van der Waals surface area (Å²) in [4.78, 5) is 13.6. The van der Waals surface area contributed by atoms with Crippen molar-refractivity contribution in [3.63, 3.8) is 0 Å². The topological polar surface area (TPSA) is 38.3 Å². The fraction of sp³-hybridized carbons (Fsp3) is 0.381. The van der Waals surface area contributed by atoms with Gasteiger partial charge in [0.25, 0.3) is 0 Å². The predicted molar refractivity (Wildman–Crippen MR) is 105 cm³/mol. The number of ether oxygens (including phenoxy) is 1. The second kappa shape index (κ2) is 10.1. The largest absolute Gasteiger partial charge is 0.497 e. The molecule has 1 atom stereocenters. The van der Waals surface area contributed by atoms with E-state index in [-0.39, 0.29) is 11.9 Å². The number of thioether (sulfide) groups is 1. The molecule has 2 aromatic carbocycles. The quantitative estimate of drug-likeness (QED) is 0.636. The highest BCUT2D eigenvalue weighted by Crippen LogP contribution is 2.24. The lowest BCUT2D eigenvalue weighted by atomic mass is 9.97. The first-order valence-corrected chi connectivity index (χ1v) is 9.68. The molecule has 0 aliphatic carbocycles. The molecule has 2 aromatic rings. The second-order valence-corrected chi connectivity index (χ2v) is 7.60. The molecule has 3 nitrogen and oxygen atoms in total. The lowest BCUT2D eigenvalue weighted by Gasteiger charge is -2.21. The van der Waals surface area contributed by atoms with Gasteiger partial charge in [0.1, 0.15) is 5.75 Å². The molecule has 0 aliphatic heterocycles. The van der Waals surface area contributed by atoms with Crippen LogP contribution in [0.1, 0.15) is 38.3 Å². The molecule has 0 spiro atoms. The zero-order chi connectivity index (χ0) is 18.1. The number of rotatable bonds is 9.